The van der Waals surface area contributed by atoms with Crippen molar-refractivity contribution in [1.82, 2.24) is 15.5 Å². The van der Waals surface area contributed by atoms with Crippen molar-refractivity contribution in [1.29, 1.82) is 0 Å². The molecule has 0 aliphatic carbocycles. The first-order valence-corrected chi connectivity index (χ1v) is 10.1. The fraction of sp³-hybridized carbons (Fsp3) is 0.619. The fourth-order valence-corrected chi connectivity index (χ4v) is 5.25. The smallest absolute Gasteiger partial charge is 0.337 e. The molecule has 0 unspecified atom stereocenters. The van der Waals surface area contributed by atoms with E-state index in [4.69, 9.17) is 4.74 Å². The molecule has 6 nitrogen and oxygen atoms in total. The Bertz CT molecular complexity index is 708. The van der Waals surface area contributed by atoms with E-state index < -0.39 is 5.97 Å². The summed E-state index contributed by atoms with van der Waals surface area (Å²) in [5.74, 6) is 0.806. The van der Waals surface area contributed by atoms with E-state index in [0.717, 1.165) is 25.6 Å². The minimum Gasteiger partial charge on any atom is -0.465 e. The standard InChI is InChI=1S/C21H29N3O3/c1-27-21(26)15-6-4-5-14(9-15)20(25)23-13-19-17-10-16(11-22-12-17)18-7-2-3-8-24(18)19/h4-6,9,16-19,22H,2-3,7-8,10-13H2,1H3,(H,23,25)/t16-,17+,18+,19+/m1/s1. The van der Waals surface area contributed by atoms with Crippen molar-refractivity contribution in [2.75, 3.05) is 33.3 Å². The lowest BCUT2D eigenvalue weighted by Crippen LogP contribution is -2.65. The van der Waals surface area contributed by atoms with Gasteiger partial charge in [-0.3, -0.25) is 9.69 Å². The summed E-state index contributed by atoms with van der Waals surface area (Å²) in [4.78, 5) is 27.1. The van der Waals surface area contributed by atoms with E-state index in [-0.39, 0.29) is 5.91 Å². The molecule has 4 atom stereocenters. The van der Waals surface area contributed by atoms with Crippen molar-refractivity contribution in [3.63, 3.8) is 0 Å². The maximum Gasteiger partial charge on any atom is 0.337 e. The van der Waals surface area contributed by atoms with E-state index in [9.17, 15) is 9.59 Å². The van der Waals surface area contributed by atoms with Crippen LogP contribution in [0.2, 0.25) is 0 Å². The molecule has 4 rings (SSSR count). The third-order valence-corrected chi connectivity index (χ3v) is 6.54. The van der Waals surface area contributed by atoms with Crippen LogP contribution in [-0.2, 0) is 4.74 Å². The zero-order valence-electron chi connectivity index (χ0n) is 15.9. The Morgan fingerprint density at radius 2 is 2.04 bits per heavy atom. The quantitative estimate of drug-likeness (QED) is 0.788. The summed E-state index contributed by atoms with van der Waals surface area (Å²) < 4.78 is 4.75. The molecule has 6 heteroatoms. The van der Waals surface area contributed by atoms with Gasteiger partial charge < -0.3 is 15.4 Å². The second kappa shape index (κ2) is 7.98. The number of rotatable bonds is 4. The molecule has 0 aromatic heterocycles. The molecule has 0 radical (unpaired) electrons. The van der Waals surface area contributed by atoms with E-state index in [2.05, 4.69) is 15.5 Å². The average molecular weight is 371 g/mol. The van der Waals surface area contributed by atoms with E-state index in [0.29, 0.717) is 35.7 Å². The molecular formula is C21H29N3O3. The number of nitrogens with one attached hydrogen (secondary N) is 2. The summed E-state index contributed by atoms with van der Waals surface area (Å²) in [5.41, 5.74) is 0.904. The van der Waals surface area contributed by atoms with Crippen LogP contribution < -0.4 is 10.6 Å². The molecule has 146 valence electrons. The minimum absolute atomic E-state index is 0.125. The van der Waals surface area contributed by atoms with Gasteiger partial charge in [0.25, 0.3) is 5.91 Å². The Hall–Kier alpha value is -1.92. The highest BCUT2D eigenvalue weighted by Crippen LogP contribution is 2.38. The maximum atomic E-state index is 12.7. The predicted molar refractivity (Wildman–Crippen MR) is 103 cm³/mol. The van der Waals surface area contributed by atoms with Gasteiger partial charge >= 0.3 is 5.97 Å². The average Bonchev–Trinajstić information content (AvgIpc) is 2.73. The lowest BCUT2D eigenvalue weighted by atomic mass is 9.73. The maximum absolute atomic E-state index is 12.7. The van der Waals surface area contributed by atoms with Crippen LogP contribution in [0.1, 0.15) is 46.4 Å². The van der Waals surface area contributed by atoms with Crippen LogP contribution in [0.3, 0.4) is 0 Å². The first-order valence-electron chi connectivity index (χ1n) is 10.1. The normalized spacial score (nSPS) is 30.3. The Balaban J connectivity index is 1.44. The number of hydrogen-bond acceptors (Lipinski definition) is 5. The van der Waals surface area contributed by atoms with Gasteiger partial charge in [-0.25, -0.2) is 4.79 Å². The number of ether oxygens (including phenoxy) is 1. The summed E-state index contributed by atoms with van der Waals surface area (Å²) in [6.07, 6.45) is 5.13. The number of piperidine rings is 3. The number of hydrogen-bond donors (Lipinski definition) is 2. The van der Waals surface area contributed by atoms with Crippen molar-refractivity contribution >= 4 is 11.9 Å². The van der Waals surface area contributed by atoms with E-state index in [1.165, 1.54) is 32.8 Å². The predicted octanol–water partition coefficient (Wildman–Crippen LogP) is 1.67. The molecule has 3 heterocycles. The van der Waals surface area contributed by atoms with Gasteiger partial charge in [-0.05, 0) is 68.9 Å². The summed E-state index contributed by atoms with van der Waals surface area (Å²) in [5, 5.41) is 6.73. The van der Waals surface area contributed by atoms with Crippen LogP contribution in [0.5, 0.6) is 0 Å². The van der Waals surface area contributed by atoms with Crippen LogP contribution in [0, 0.1) is 11.8 Å². The van der Waals surface area contributed by atoms with Gasteiger partial charge in [0.1, 0.15) is 0 Å². The molecule has 2 N–H and O–H groups in total. The molecule has 1 aromatic carbocycles. The molecule has 2 bridgehead atoms. The second-order valence-electron chi connectivity index (χ2n) is 8.06. The first-order chi connectivity index (χ1) is 13.2. The number of carbonyl (C=O) groups is 2. The summed E-state index contributed by atoms with van der Waals surface area (Å²) in [6, 6.07) is 7.78. The molecule has 3 aliphatic heterocycles. The molecule has 3 fully saturated rings. The first kappa shape index (κ1) is 18.4. The van der Waals surface area contributed by atoms with Crippen molar-refractivity contribution in [2.24, 2.45) is 11.8 Å². The van der Waals surface area contributed by atoms with Gasteiger partial charge in [-0.15, -0.1) is 0 Å². The lowest BCUT2D eigenvalue weighted by molar-refractivity contribution is -0.0371. The lowest BCUT2D eigenvalue weighted by Gasteiger charge is -2.55. The highest BCUT2D eigenvalue weighted by molar-refractivity contribution is 5.97. The van der Waals surface area contributed by atoms with Crippen molar-refractivity contribution in [3.8, 4) is 0 Å². The molecule has 0 saturated carbocycles. The Morgan fingerprint density at radius 1 is 1.22 bits per heavy atom. The molecule has 0 spiro atoms. The Kier molecular flexibility index (Phi) is 5.45. The van der Waals surface area contributed by atoms with Gasteiger partial charge in [0.15, 0.2) is 0 Å². The zero-order valence-corrected chi connectivity index (χ0v) is 15.9. The van der Waals surface area contributed by atoms with Crippen LogP contribution in [0.15, 0.2) is 24.3 Å². The van der Waals surface area contributed by atoms with Gasteiger partial charge in [0, 0.05) is 24.2 Å². The second-order valence-corrected chi connectivity index (χ2v) is 8.06. The number of methoxy groups -OCH3 is 1. The monoisotopic (exact) mass is 371 g/mol. The summed E-state index contributed by atoms with van der Waals surface area (Å²) in [7, 11) is 1.35. The topological polar surface area (TPSA) is 70.7 Å². The van der Waals surface area contributed by atoms with E-state index in [1.54, 1.807) is 24.3 Å². The van der Waals surface area contributed by atoms with Crippen LogP contribution in [-0.4, -0.2) is 62.1 Å². The number of benzene rings is 1. The molecule has 3 aliphatic rings. The fourth-order valence-electron chi connectivity index (χ4n) is 5.25. The molecule has 27 heavy (non-hydrogen) atoms. The number of carbonyl (C=O) groups excluding carboxylic acids is 2. The largest absolute Gasteiger partial charge is 0.465 e. The van der Waals surface area contributed by atoms with Crippen molar-refractivity contribution in [3.05, 3.63) is 35.4 Å². The van der Waals surface area contributed by atoms with Crippen molar-refractivity contribution in [2.45, 2.75) is 37.8 Å². The third kappa shape index (κ3) is 3.73. The Morgan fingerprint density at radius 3 is 2.89 bits per heavy atom. The minimum atomic E-state index is -0.424. The molecule has 1 amide bonds. The highest BCUT2D eigenvalue weighted by Gasteiger charge is 2.45. The molecule has 3 saturated heterocycles. The number of fused-ring (bicyclic) bond motifs is 4. The summed E-state index contributed by atoms with van der Waals surface area (Å²) in [6.45, 7) is 3.99. The van der Waals surface area contributed by atoms with E-state index in [1.807, 2.05) is 0 Å². The van der Waals surface area contributed by atoms with Gasteiger partial charge in [0.05, 0.1) is 12.7 Å². The van der Waals surface area contributed by atoms with Crippen molar-refractivity contribution < 1.29 is 14.3 Å². The van der Waals surface area contributed by atoms with Gasteiger partial charge in [-0.1, -0.05) is 12.5 Å². The zero-order chi connectivity index (χ0) is 18.8. The number of esters is 1. The molecular weight excluding hydrogens is 342 g/mol. The van der Waals surface area contributed by atoms with Gasteiger partial charge in [0.2, 0.25) is 0 Å². The number of nitrogens with zero attached hydrogens (tertiary/aromatic N) is 1. The van der Waals surface area contributed by atoms with Crippen LogP contribution >= 0.6 is 0 Å². The molecule has 1 aromatic rings. The Labute approximate surface area is 160 Å². The SMILES string of the molecule is COC(=O)c1cccc(C(=O)NC[C@H]2[C@@H]3CNC[C@@H](C3)[C@@H]3CCCCN32)c1. The highest BCUT2D eigenvalue weighted by atomic mass is 16.5. The van der Waals surface area contributed by atoms with Crippen LogP contribution in [0.4, 0.5) is 0 Å². The van der Waals surface area contributed by atoms with E-state index >= 15 is 0 Å². The van der Waals surface area contributed by atoms with Crippen LogP contribution in [0.25, 0.3) is 0 Å². The summed E-state index contributed by atoms with van der Waals surface area (Å²) >= 11 is 0. The number of amides is 1. The third-order valence-electron chi connectivity index (χ3n) is 6.54. The van der Waals surface area contributed by atoms with Gasteiger partial charge in [-0.2, -0.15) is 0 Å².